The van der Waals surface area contributed by atoms with Crippen LogP contribution in [-0.2, 0) is 23.8 Å². The summed E-state index contributed by atoms with van der Waals surface area (Å²) >= 11 is 0. The zero-order valence-electron chi connectivity index (χ0n) is 25.8. The molecule has 1 amide bonds. The molecular formula is C31H55N3O5. The van der Waals surface area contributed by atoms with Gasteiger partial charge < -0.3 is 29.3 Å². The quantitative estimate of drug-likeness (QED) is 0.269. The fraction of sp³-hybridized carbons (Fsp3) is 0.742. The molecule has 8 heteroatoms. The van der Waals surface area contributed by atoms with Gasteiger partial charge in [0.05, 0.1) is 13.7 Å². The van der Waals surface area contributed by atoms with Crippen LogP contribution in [0.15, 0.2) is 35.3 Å². The fourth-order valence-corrected chi connectivity index (χ4v) is 3.90. The van der Waals surface area contributed by atoms with Gasteiger partial charge in [0.25, 0.3) is 0 Å². The highest BCUT2D eigenvalue weighted by atomic mass is 16.5. The van der Waals surface area contributed by atoms with E-state index in [4.69, 9.17) is 14.2 Å². The Labute approximate surface area is 237 Å². The topological polar surface area (TPSA) is 80.3 Å². The van der Waals surface area contributed by atoms with E-state index in [0.29, 0.717) is 66.4 Å². The number of allylic oxidation sites excluding steroid dienone is 4. The van der Waals surface area contributed by atoms with Crippen LogP contribution in [0.4, 0.5) is 0 Å². The molecule has 0 aromatic rings. The van der Waals surface area contributed by atoms with E-state index < -0.39 is 0 Å². The van der Waals surface area contributed by atoms with E-state index in [1.54, 1.807) is 20.3 Å². The molecule has 1 unspecified atom stereocenters. The molecule has 3 aliphatic rings. The van der Waals surface area contributed by atoms with Crippen molar-refractivity contribution in [1.82, 2.24) is 15.1 Å². The molecule has 1 atom stereocenters. The number of hydrogen-bond donors (Lipinski definition) is 1. The maximum absolute atomic E-state index is 12.1. The van der Waals surface area contributed by atoms with Gasteiger partial charge in [0.1, 0.15) is 6.29 Å². The fourth-order valence-electron chi connectivity index (χ4n) is 3.90. The molecule has 39 heavy (non-hydrogen) atoms. The Balaban J connectivity index is 0.000000324. The second kappa shape index (κ2) is 19.8. The first-order valence-electron chi connectivity index (χ1n) is 14.5. The third-order valence-electron chi connectivity index (χ3n) is 6.80. The number of rotatable bonds is 13. The standard InChI is InChI=1S/C13H24N2O.C13H18O4.C5H13N/c1-10(2)8-15(13(16)12-3-4-12)9-11-5-6-14-7-11;1-15-7-4-8-17-13-9-11(10-14)5-3-6-12(13)16-2;1-5(2)6(3)4/h10-12,14H,3-9H2,1-2H3;3,6,9-10H,4-5,7-8H2,1-2H3;5H,1-4H3. The predicted molar refractivity (Wildman–Crippen MR) is 158 cm³/mol. The molecule has 0 aromatic carbocycles. The highest BCUT2D eigenvalue weighted by Gasteiger charge is 2.34. The smallest absolute Gasteiger partial charge is 0.225 e. The van der Waals surface area contributed by atoms with Crippen LogP contribution in [0, 0.1) is 17.8 Å². The summed E-state index contributed by atoms with van der Waals surface area (Å²) in [4.78, 5) is 27.2. The van der Waals surface area contributed by atoms with Crippen LogP contribution in [0.3, 0.4) is 0 Å². The van der Waals surface area contributed by atoms with Gasteiger partial charge in [0.2, 0.25) is 5.91 Å². The Hall–Kier alpha value is -2.16. The Morgan fingerprint density at radius 2 is 1.79 bits per heavy atom. The maximum Gasteiger partial charge on any atom is 0.225 e. The number of methoxy groups -OCH3 is 2. The van der Waals surface area contributed by atoms with E-state index in [1.165, 1.54) is 6.42 Å². The Morgan fingerprint density at radius 3 is 2.28 bits per heavy atom. The zero-order valence-corrected chi connectivity index (χ0v) is 25.8. The molecule has 0 radical (unpaired) electrons. The SMILES string of the molecule is CC(C)CN(CC1CCNC1)C(=O)C1CC1.CC(C)N(C)C.COCCCOC1=C(OC)C=CCC(C=O)=C1. The van der Waals surface area contributed by atoms with Crippen LogP contribution in [0.2, 0.25) is 0 Å². The molecule has 3 rings (SSSR count). The summed E-state index contributed by atoms with van der Waals surface area (Å²) in [6.45, 7) is 14.0. The lowest BCUT2D eigenvalue weighted by molar-refractivity contribution is -0.133. The maximum atomic E-state index is 12.1. The van der Waals surface area contributed by atoms with E-state index in [-0.39, 0.29) is 0 Å². The zero-order chi connectivity index (χ0) is 29.2. The number of aldehydes is 1. The number of amides is 1. The Bertz CT molecular complexity index is 788. The van der Waals surface area contributed by atoms with E-state index in [9.17, 15) is 9.59 Å². The second-order valence-corrected chi connectivity index (χ2v) is 11.4. The molecule has 1 heterocycles. The highest BCUT2D eigenvalue weighted by Crippen LogP contribution is 2.31. The van der Waals surface area contributed by atoms with Gasteiger partial charge in [-0.15, -0.1) is 0 Å². The predicted octanol–water partition coefficient (Wildman–Crippen LogP) is 4.43. The number of carbonyl (C=O) groups excluding carboxylic acids is 2. The molecule has 1 N–H and O–H groups in total. The summed E-state index contributed by atoms with van der Waals surface area (Å²) in [5.74, 6) is 3.28. The molecule has 8 nitrogen and oxygen atoms in total. The molecule has 0 aromatic heterocycles. The van der Waals surface area contributed by atoms with Crippen molar-refractivity contribution in [3.63, 3.8) is 0 Å². The molecule has 0 bridgehead atoms. The molecule has 2 fully saturated rings. The van der Waals surface area contributed by atoms with E-state index in [0.717, 1.165) is 51.7 Å². The summed E-state index contributed by atoms with van der Waals surface area (Å²) < 4.78 is 15.7. The minimum atomic E-state index is 0.369. The Kier molecular flexibility index (Phi) is 17.7. The highest BCUT2D eigenvalue weighted by molar-refractivity contribution is 5.81. The summed E-state index contributed by atoms with van der Waals surface area (Å²) in [5.41, 5.74) is 0.676. The second-order valence-electron chi connectivity index (χ2n) is 11.4. The third-order valence-corrected chi connectivity index (χ3v) is 6.80. The lowest BCUT2D eigenvalue weighted by atomic mass is 10.1. The first-order valence-corrected chi connectivity index (χ1v) is 14.5. The first-order chi connectivity index (χ1) is 18.6. The van der Waals surface area contributed by atoms with Crippen molar-refractivity contribution < 1.29 is 23.8 Å². The van der Waals surface area contributed by atoms with Gasteiger partial charge >= 0.3 is 0 Å². The molecular weight excluding hydrogens is 494 g/mol. The molecule has 224 valence electrons. The summed E-state index contributed by atoms with van der Waals surface area (Å²) in [6.07, 6.45) is 11.1. The monoisotopic (exact) mass is 549 g/mol. The van der Waals surface area contributed by atoms with Crippen molar-refractivity contribution in [2.24, 2.45) is 17.8 Å². The number of nitrogens with one attached hydrogen (secondary N) is 1. The minimum Gasteiger partial charge on any atom is -0.493 e. The summed E-state index contributed by atoms with van der Waals surface area (Å²) in [6, 6.07) is 0.685. The third kappa shape index (κ3) is 15.3. The lowest BCUT2D eigenvalue weighted by Gasteiger charge is -2.27. The first kappa shape index (κ1) is 34.9. The number of ether oxygens (including phenoxy) is 3. The number of hydrogen-bond acceptors (Lipinski definition) is 7. The van der Waals surface area contributed by atoms with Gasteiger partial charge in [0.15, 0.2) is 11.5 Å². The Morgan fingerprint density at radius 1 is 1.10 bits per heavy atom. The van der Waals surface area contributed by atoms with E-state index in [1.807, 2.05) is 12.2 Å². The van der Waals surface area contributed by atoms with Gasteiger partial charge in [0, 0.05) is 45.2 Å². The van der Waals surface area contributed by atoms with Crippen molar-refractivity contribution >= 4 is 12.2 Å². The number of carbonyl (C=O) groups is 2. The van der Waals surface area contributed by atoms with Crippen molar-refractivity contribution in [3.05, 3.63) is 35.3 Å². The average Bonchev–Trinajstić information content (AvgIpc) is 3.67. The van der Waals surface area contributed by atoms with Gasteiger partial charge in [-0.3, -0.25) is 9.59 Å². The molecule has 2 aliphatic carbocycles. The summed E-state index contributed by atoms with van der Waals surface area (Å²) in [7, 11) is 7.38. The average molecular weight is 550 g/mol. The minimum absolute atomic E-state index is 0.369. The van der Waals surface area contributed by atoms with Crippen LogP contribution < -0.4 is 5.32 Å². The normalized spacial score (nSPS) is 18.6. The van der Waals surface area contributed by atoms with Crippen molar-refractivity contribution in [2.75, 3.05) is 67.7 Å². The van der Waals surface area contributed by atoms with Gasteiger partial charge in [-0.2, -0.15) is 0 Å². The molecule has 1 saturated carbocycles. The van der Waals surface area contributed by atoms with Gasteiger partial charge in [-0.25, -0.2) is 0 Å². The van der Waals surface area contributed by atoms with Crippen LogP contribution in [0.1, 0.15) is 59.8 Å². The van der Waals surface area contributed by atoms with Crippen LogP contribution >= 0.6 is 0 Å². The molecule has 0 spiro atoms. The number of nitrogens with zero attached hydrogens (tertiary/aromatic N) is 2. The molecule has 1 saturated heterocycles. The molecule has 1 aliphatic heterocycles. The summed E-state index contributed by atoms with van der Waals surface area (Å²) in [5, 5.41) is 3.38. The van der Waals surface area contributed by atoms with E-state index in [2.05, 4.69) is 56.9 Å². The van der Waals surface area contributed by atoms with Gasteiger partial charge in [-0.1, -0.05) is 19.9 Å². The van der Waals surface area contributed by atoms with Crippen molar-refractivity contribution in [1.29, 1.82) is 0 Å². The lowest BCUT2D eigenvalue weighted by Crippen LogP contribution is -2.39. The van der Waals surface area contributed by atoms with Crippen molar-refractivity contribution in [3.8, 4) is 0 Å². The van der Waals surface area contributed by atoms with Crippen LogP contribution in [0.25, 0.3) is 0 Å². The van der Waals surface area contributed by atoms with Crippen LogP contribution in [-0.4, -0.2) is 95.7 Å². The van der Waals surface area contributed by atoms with E-state index >= 15 is 0 Å². The van der Waals surface area contributed by atoms with Crippen molar-refractivity contribution in [2.45, 2.75) is 65.8 Å². The largest absolute Gasteiger partial charge is 0.493 e. The van der Waals surface area contributed by atoms with Gasteiger partial charge in [-0.05, 0) is 96.3 Å². The van der Waals surface area contributed by atoms with Crippen LogP contribution in [0.5, 0.6) is 0 Å².